The second kappa shape index (κ2) is 7.51. The van der Waals surface area contributed by atoms with Crippen molar-refractivity contribution in [3.8, 4) is 5.75 Å². The Labute approximate surface area is 148 Å². The highest BCUT2D eigenvalue weighted by Gasteiger charge is 2.34. The molecule has 1 aromatic heterocycles. The molecule has 1 fully saturated rings. The first-order valence-electron chi connectivity index (χ1n) is 8.53. The molecule has 1 aliphatic rings. The average molecular weight is 343 g/mol. The van der Waals surface area contributed by atoms with Crippen molar-refractivity contribution in [2.24, 2.45) is 0 Å². The molecule has 2 heterocycles. The highest BCUT2D eigenvalue weighted by molar-refractivity contribution is 7.10. The van der Waals surface area contributed by atoms with Gasteiger partial charge in [0.25, 0.3) is 0 Å². The van der Waals surface area contributed by atoms with Crippen LogP contribution in [0.1, 0.15) is 30.3 Å². The van der Waals surface area contributed by atoms with E-state index in [1.807, 2.05) is 18.2 Å². The molecule has 0 aliphatic carbocycles. The fourth-order valence-electron chi connectivity index (χ4n) is 3.67. The molecule has 0 bridgehead atoms. The maximum absolute atomic E-state index is 9.95. The molecule has 128 valence electrons. The Bertz CT molecular complexity index is 670. The van der Waals surface area contributed by atoms with Crippen molar-refractivity contribution in [3.63, 3.8) is 0 Å². The number of phenolic OH excluding ortho intramolecular Hbond substituents is 1. The minimum Gasteiger partial charge on any atom is -0.508 e. The van der Waals surface area contributed by atoms with Gasteiger partial charge in [0.1, 0.15) is 5.75 Å². The van der Waals surface area contributed by atoms with Crippen LogP contribution in [0.4, 0.5) is 0 Å². The third kappa shape index (κ3) is 3.56. The summed E-state index contributed by atoms with van der Waals surface area (Å²) in [6, 6.07) is 13.1. The van der Waals surface area contributed by atoms with E-state index < -0.39 is 0 Å². The molecule has 0 spiro atoms. The fraction of sp³-hybridized carbons (Fsp3) is 0.400. The zero-order valence-electron chi connectivity index (χ0n) is 14.4. The van der Waals surface area contributed by atoms with Gasteiger partial charge in [-0.05, 0) is 43.0 Å². The second-order valence-electron chi connectivity index (χ2n) is 6.65. The molecule has 3 rings (SSSR count). The fourth-order valence-corrected chi connectivity index (χ4v) is 4.54. The second-order valence-corrected chi connectivity index (χ2v) is 7.63. The minimum absolute atomic E-state index is 0.195. The van der Waals surface area contributed by atoms with Crippen molar-refractivity contribution in [3.05, 3.63) is 64.9 Å². The number of hydrogen-bond acceptors (Lipinski definition) is 4. The summed E-state index contributed by atoms with van der Waals surface area (Å²) >= 11 is 1.79. The first kappa shape index (κ1) is 17.2. The van der Waals surface area contributed by atoms with E-state index in [0.29, 0.717) is 17.8 Å². The van der Waals surface area contributed by atoms with Gasteiger partial charge in [-0.25, -0.2) is 0 Å². The summed E-state index contributed by atoms with van der Waals surface area (Å²) in [6.07, 6.45) is 1.99. The number of thiophene rings is 1. The average Bonchev–Trinajstić information content (AvgIpc) is 3.06. The maximum Gasteiger partial charge on any atom is 0.115 e. The summed E-state index contributed by atoms with van der Waals surface area (Å²) < 4.78 is 0. The number of phenols is 1. The van der Waals surface area contributed by atoms with Gasteiger partial charge in [0.2, 0.25) is 0 Å². The highest BCUT2D eigenvalue weighted by Crippen LogP contribution is 2.36. The van der Waals surface area contributed by atoms with Crippen LogP contribution in [0.2, 0.25) is 0 Å². The summed E-state index contributed by atoms with van der Waals surface area (Å²) in [4.78, 5) is 6.39. The van der Waals surface area contributed by atoms with Gasteiger partial charge in [-0.1, -0.05) is 24.3 Å². The van der Waals surface area contributed by atoms with Gasteiger partial charge in [0.05, 0.1) is 6.04 Å². The zero-order chi connectivity index (χ0) is 17.1. The summed E-state index contributed by atoms with van der Waals surface area (Å²) in [5.74, 6) is 0.333. The number of nitrogens with zero attached hydrogens (tertiary/aromatic N) is 2. The molecular weight excluding hydrogens is 316 g/mol. The van der Waals surface area contributed by atoms with Crippen molar-refractivity contribution < 1.29 is 5.11 Å². The Hall–Kier alpha value is -1.62. The normalized spacial score (nSPS) is 23.9. The predicted molar refractivity (Wildman–Crippen MR) is 102 cm³/mol. The van der Waals surface area contributed by atoms with Crippen LogP contribution < -0.4 is 0 Å². The Morgan fingerprint density at radius 2 is 2.08 bits per heavy atom. The third-order valence-electron chi connectivity index (χ3n) is 4.86. The van der Waals surface area contributed by atoms with Crippen molar-refractivity contribution in [1.29, 1.82) is 0 Å². The van der Waals surface area contributed by atoms with Gasteiger partial charge in [-0.15, -0.1) is 17.9 Å². The van der Waals surface area contributed by atoms with E-state index in [2.05, 4.69) is 53.8 Å². The molecule has 1 aromatic carbocycles. The van der Waals surface area contributed by atoms with E-state index in [1.165, 1.54) is 4.88 Å². The number of rotatable bonds is 5. The number of aromatic hydroxyl groups is 1. The lowest BCUT2D eigenvalue weighted by Gasteiger charge is -2.47. The SMILES string of the molecule is C=CCN1CC(C)N(C(c2cccc(O)c2)c2cccs2)CC1C. The number of hydrogen-bond donors (Lipinski definition) is 1. The Morgan fingerprint density at radius 1 is 1.25 bits per heavy atom. The van der Waals surface area contributed by atoms with Crippen LogP contribution in [0.3, 0.4) is 0 Å². The molecule has 24 heavy (non-hydrogen) atoms. The van der Waals surface area contributed by atoms with E-state index in [1.54, 1.807) is 17.4 Å². The molecule has 2 aromatic rings. The van der Waals surface area contributed by atoms with E-state index >= 15 is 0 Å². The molecule has 3 atom stereocenters. The molecule has 1 aliphatic heterocycles. The van der Waals surface area contributed by atoms with Crippen molar-refractivity contribution in [2.75, 3.05) is 19.6 Å². The lowest BCUT2D eigenvalue weighted by Crippen LogP contribution is -2.57. The molecule has 1 N–H and O–H groups in total. The lowest BCUT2D eigenvalue weighted by atomic mass is 9.98. The Kier molecular flexibility index (Phi) is 5.39. The van der Waals surface area contributed by atoms with Crippen molar-refractivity contribution in [1.82, 2.24) is 9.80 Å². The zero-order valence-corrected chi connectivity index (χ0v) is 15.2. The summed E-state index contributed by atoms with van der Waals surface area (Å²) in [7, 11) is 0. The standard InChI is InChI=1S/C20H26N2OS/c1-4-10-21-13-16(3)22(14-15(21)2)20(19-9-6-11-24-19)17-7-5-8-18(23)12-17/h4-9,11-12,15-16,20,23H,1,10,13-14H2,2-3H3. The van der Waals surface area contributed by atoms with Crippen LogP contribution in [0.15, 0.2) is 54.4 Å². The molecule has 0 radical (unpaired) electrons. The van der Waals surface area contributed by atoms with Gasteiger partial charge in [0, 0.05) is 36.6 Å². The smallest absolute Gasteiger partial charge is 0.115 e. The lowest BCUT2D eigenvalue weighted by molar-refractivity contribution is 0.0315. The van der Waals surface area contributed by atoms with Gasteiger partial charge in [0.15, 0.2) is 0 Å². The van der Waals surface area contributed by atoms with Crippen LogP contribution in [0, 0.1) is 0 Å². The molecule has 3 nitrogen and oxygen atoms in total. The monoisotopic (exact) mass is 342 g/mol. The van der Waals surface area contributed by atoms with Crippen LogP contribution in [0.5, 0.6) is 5.75 Å². The number of piperazine rings is 1. The van der Waals surface area contributed by atoms with E-state index in [-0.39, 0.29) is 6.04 Å². The molecule has 4 heteroatoms. The highest BCUT2D eigenvalue weighted by atomic mass is 32.1. The van der Waals surface area contributed by atoms with Crippen LogP contribution in [0.25, 0.3) is 0 Å². The number of benzene rings is 1. The van der Waals surface area contributed by atoms with Crippen molar-refractivity contribution in [2.45, 2.75) is 32.0 Å². The van der Waals surface area contributed by atoms with Gasteiger partial charge in [-0.2, -0.15) is 0 Å². The van der Waals surface area contributed by atoms with Gasteiger partial charge in [-0.3, -0.25) is 9.80 Å². The quantitative estimate of drug-likeness (QED) is 0.828. The topological polar surface area (TPSA) is 26.7 Å². The van der Waals surface area contributed by atoms with Crippen LogP contribution in [-0.4, -0.2) is 46.6 Å². The first-order chi connectivity index (χ1) is 11.6. The van der Waals surface area contributed by atoms with Gasteiger partial charge < -0.3 is 5.11 Å². The molecule has 1 saturated heterocycles. The molecular formula is C20H26N2OS. The van der Waals surface area contributed by atoms with Gasteiger partial charge >= 0.3 is 0 Å². The summed E-state index contributed by atoms with van der Waals surface area (Å²) in [5.41, 5.74) is 1.16. The molecule has 0 amide bonds. The molecule has 0 saturated carbocycles. The predicted octanol–water partition coefficient (Wildman–Crippen LogP) is 4.12. The summed E-state index contributed by atoms with van der Waals surface area (Å²) in [5, 5.41) is 12.1. The Balaban J connectivity index is 1.93. The van der Waals surface area contributed by atoms with Crippen LogP contribution >= 0.6 is 11.3 Å². The molecule has 3 unspecified atom stereocenters. The van der Waals surface area contributed by atoms with E-state index in [4.69, 9.17) is 0 Å². The van der Waals surface area contributed by atoms with E-state index in [9.17, 15) is 5.11 Å². The largest absolute Gasteiger partial charge is 0.508 e. The summed E-state index contributed by atoms with van der Waals surface area (Å²) in [6.45, 7) is 11.5. The first-order valence-corrected chi connectivity index (χ1v) is 9.41. The van der Waals surface area contributed by atoms with Crippen molar-refractivity contribution >= 4 is 11.3 Å². The minimum atomic E-state index is 0.195. The maximum atomic E-state index is 9.95. The van der Waals surface area contributed by atoms with Crippen LogP contribution in [-0.2, 0) is 0 Å². The Morgan fingerprint density at radius 3 is 2.75 bits per heavy atom. The third-order valence-corrected chi connectivity index (χ3v) is 5.78. The van der Waals surface area contributed by atoms with E-state index in [0.717, 1.165) is 25.2 Å².